The number of benzene rings is 3. The molecule has 3 rings (SSSR count). The first kappa shape index (κ1) is 35.7. The number of ether oxygens (including phenoxy) is 2. The van der Waals surface area contributed by atoms with Crippen molar-refractivity contribution in [1.82, 2.24) is 5.32 Å². The van der Waals surface area contributed by atoms with Crippen LogP contribution in [0, 0.1) is 0 Å². The van der Waals surface area contributed by atoms with Gasteiger partial charge in [0.2, 0.25) is 0 Å². The summed E-state index contributed by atoms with van der Waals surface area (Å²) < 4.78 is 194. The topological polar surface area (TPSA) is 50.7 Å². The molecule has 45 heavy (non-hydrogen) atoms. The van der Waals surface area contributed by atoms with Gasteiger partial charge in [-0.3, -0.25) is 0 Å². The van der Waals surface area contributed by atoms with Crippen LogP contribution in [0.15, 0.2) is 72.8 Å². The van der Waals surface area contributed by atoms with Gasteiger partial charge >= 0.3 is 36.7 Å². The molecule has 3 aromatic rings. The van der Waals surface area contributed by atoms with Crippen LogP contribution in [0.25, 0.3) is 0 Å². The second kappa shape index (κ2) is 12.9. The Bertz CT molecular complexity index is 1440. The van der Waals surface area contributed by atoms with Gasteiger partial charge in [-0.05, 0) is 41.5 Å². The van der Waals surface area contributed by atoms with Crippen molar-refractivity contribution in [3.05, 3.63) is 89.5 Å². The molecular formula is C27H19F14NO3. The van der Waals surface area contributed by atoms with E-state index >= 15 is 0 Å². The first-order chi connectivity index (χ1) is 20.6. The fourth-order valence-corrected chi connectivity index (χ4v) is 3.74. The summed E-state index contributed by atoms with van der Waals surface area (Å²) in [6, 6.07) is 8.79. The van der Waals surface area contributed by atoms with E-state index < -0.39 is 72.3 Å². The molecule has 2 atom stereocenters. The zero-order valence-electron chi connectivity index (χ0n) is 21.9. The number of nitrogens with one attached hydrogen (secondary N) is 1. The van der Waals surface area contributed by atoms with Crippen LogP contribution in [0.2, 0.25) is 0 Å². The fraction of sp³-hybridized carbons (Fsp3) is 0.333. The third-order valence-electron chi connectivity index (χ3n) is 5.97. The molecule has 18 heteroatoms. The third-order valence-corrected chi connectivity index (χ3v) is 5.97. The van der Waals surface area contributed by atoms with Crippen LogP contribution in [0.1, 0.15) is 22.7 Å². The molecule has 2 unspecified atom stereocenters. The molecule has 0 aromatic heterocycles. The van der Waals surface area contributed by atoms with Crippen molar-refractivity contribution >= 4 is 0 Å². The standard InChI is InChI=1S/C27H19F14NO3/c28-22(29)25(35,36)45-19-9-3-8-18(12-19)44-17-7-2-5-15(11-17)21(42-13-20(43)24(32,33)34)14-4-1-6-16(10-14)23(30,31)26(37,38)27(39,40)41/h1-12,20-22,42-43H,13H2. The van der Waals surface area contributed by atoms with E-state index in [2.05, 4.69) is 10.1 Å². The molecular weight excluding hydrogens is 652 g/mol. The van der Waals surface area contributed by atoms with Crippen LogP contribution in [-0.4, -0.2) is 48.6 Å². The summed E-state index contributed by atoms with van der Waals surface area (Å²) >= 11 is 0. The highest BCUT2D eigenvalue weighted by Crippen LogP contribution is 2.52. The van der Waals surface area contributed by atoms with Crippen molar-refractivity contribution in [2.45, 2.75) is 48.9 Å². The Hall–Kier alpha value is -3.80. The van der Waals surface area contributed by atoms with Crippen molar-refractivity contribution in [3.8, 4) is 17.2 Å². The monoisotopic (exact) mass is 671 g/mol. The number of halogens is 14. The van der Waals surface area contributed by atoms with Crippen molar-refractivity contribution < 1.29 is 76.0 Å². The number of hydrogen-bond acceptors (Lipinski definition) is 4. The minimum Gasteiger partial charge on any atom is -0.457 e. The van der Waals surface area contributed by atoms with Gasteiger partial charge in [0.1, 0.15) is 17.2 Å². The second-order valence-electron chi connectivity index (χ2n) is 9.28. The van der Waals surface area contributed by atoms with E-state index in [0.29, 0.717) is 6.07 Å². The van der Waals surface area contributed by atoms with Gasteiger partial charge in [0.15, 0.2) is 6.10 Å². The van der Waals surface area contributed by atoms with Gasteiger partial charge < -0.3 is 19.9 Å². The van der Waals surface area contributed by atoms with E-state index in [1.807, 2.05) is 0 Å². The summed E-state index contributed by atoms with van der Waals surface area (Å²) in [4.78, 5) is 0. The highest BCUT2D eigenvalue weighted by atomic mass is 19.4. The van der Waals surface area contributed by atoms with Crippen molar-refractivity contribution in [1.29, 1.82) is 0 Å². The van der Waals surface area contributed by atoms with E-state index in [4.69, 9.17) is 4.74 Å². The molecule has 0 aliphatic heterocycles. The van der Waals surface area contributed by atoms with Crippen LogP contribution in [0.4, 0.5) is 61.5 Å². The van der Waals surface area contributed by atoms with E-state index in [0.717, 1.165) is 42.5 Å². The molecule has 0 radical (unpaired) electrons. The number of alkyl halides is 14. The summed E-state index contributed by atoms with van der Waals surface area (Å²) in [5.41, 5.74) is -2.54. The maximum atomic E-state index is 14.4. The summed E-state index contributed by atoms with van der Waals surface area (Å²) in [5, 5.41) is 11.6. The Morgan fingerprint density at radius 3 is 1.73 bits per heavy atom. The molecule has 0 bridgehead atoms. The van der Waals surface area contributed by atoms with Gasteiger partial charge in [0.05, 0.1) is 6.04 Å². The lowest BCUT2D eigenvalue weighted by molar-refractivity contribution is -0.359. The molecule has 0 spiro atoms. The summed E-state index contributed by atoms with van der Waals surface area (Å²) in [6.07, 6.45) is -23.9. The number of aliphatic hydroxyl groups is 1. The van der Waals surface area contributed by atoms with Crippen LogP contribution < -0.4 is 14.8 Å². The Morgan fingerprint density at radius 2 is 1.18 bits per heavy atom. The third kappa shape index (κ3) is 8.27. The normalized spacial score (nSPS) is 14.8. The minimum absolute atomic E-state index is 0.165. The average Bonchev–Trinajstić information content (AvgIpc) is 2.92. The van der Waals surface area contributed by atoms with E-state index in [1.165, 1.54) is 12.1 Å². The predicted molar refractivity (Wildman–Crippen MR) is 128 cm³/mol. The quantitative estimate of drug-likeness (QED) is 0.190. The van der Waals surface area contributed by atoms with E-state index in [9.17, 15) is 66.6 Å². The highest BCUT2D eigenvalue weighted by molar-refractivity contribution is 5.42. The smallest absolute Gasteiger partial charge is 0.457 e. The lowest BCUT2D eigenvalue weighted by Gasteiger charge is -2.29. The molecule has 3 aromatic carbocycles. The van der Waals surface area contributed by atoms with Crippen molar-refractivity contribution in [2.75, 3.05) is 6.54 Å². The molecule has 0 amide bonds. The molecule has 248 valence electrons. The molecule has 0 aliphatic carbocycles. The number of hydrogen-bond donors (Lipinski definition) is 2. The van der Waals surface area contributed by atoms with Crippen LogP contribution in [0.5, 0.6) is 17.2 Å². The first-order valence-corrected chi connectivity index (χ1v) is 12.2. The lowest BCUT2D eigenvalue weighted by atomic mass is 9.93. The Labute approximate surface area is 244 Å². The molecule has 0 aliphatic rings. The fourth-order valence-electron chi connectivity index (χ4n) is 3.74. The van der Waals surface area contributed by atoms with Gasteiger partial charge in [0.25, 0.3) is 0 Å². The van der Waals surface area contributed by atoms with Crippen LogP contribution >= 0.6 is 0 Å². The van der Waals surface area contributed by atoms with Gasteiger partial charge in [-0.1, -0.05) is 36.4 Å². The molecule has 2 N–H and O–H groups in total. The van der Waals surface area contributed by atoms with Crippen molar-refractivity contribution in [3.63, 3.8) is 0 Å². The summed E-state index contributed by atoms with van der Waals surface area (Å²) in [6.45, 7) is -1.31. The Balaban J connectivity index is 2.01. The summed E-state index contributed by atoms with van der Waals surface area (Å²) in [5.74, 6) is -13.6. The highest BCUT2D eigenvalue weighted by Gasteiger charge is 2.73. The van der Waals surface area contributed by atoms with Crippen LogP contribution in [-0.2, 0) is 5.92 Å². The molecule has 0 saturated heterocycles. The zero-order valence-corrected chi connectivity index (χ0v) is 21.9. The van der Waals surface area contributed by atoms with Gasteiger partial charge in [-0.15, -0.1) is 0 Å². The molecule has 0 saturated carbocycles. The van der Waals surface area contributed by atoms with E-state index in [-0.39, 0.29) is 29.2 Å². The molecule has 4 nitrogen and oxygen atoms in total. The van der Waals surface area contributed by atoms with Crippen LogP contribution in [0.3, 0.4) is 0 Å². The van der Waals surface area contributed by atoms with E-state index in [1.54, 1.807) is 0 Å². The predicted octanol–water partition coefficient (Wildman–Crippen LogP) is 8.61. The maximum absolute atomic E-state index is 14.4. The lowest BCUT2D eigenvalue weighted by Crippen LogP contribution is -2.50. The Kier molecular flexibility index (Phi) is 10.2. The van der Waals surface area contributed by atoms with Crippen molar-refractivity contribution in [2.24, 2.45) is 0 Å². The van der Waals surface area contributed by atoms with Gasteiger partial charge in [-0.25, -0.2) is 0 Å². The maximum Gasteiger partial charge on any atom is 0.461 e. The molecule has 0 fully saturated rings. The second-order valence-corrected chi connectivity index (χ2v) is 9.28. The number of aliphatic hydroxyl groups excluding tert-OH is 1. The van der Waals surface area contributed by atoms with Gasteiger partial charge in [-0.2, -0.15) is 61.5 Å². The number of rotatable bonds is 12. The molecule has 0 heterocycles. The minimum atomic E-state index is -6.68. The SMILES string of the molecule is OC(CNC(c1cccc(Oc2cccc(OC(F)(F)C(F)F)c2)c1)c1cccc(C(F)(F)C(F)(F)C(F)(F)F)c1)C(F)(F)F. The first-order valence-electron chi connectivity index (χ1n) is 12.2. The zero-order chi connectivity index (χ0) is 34.0. The average molecular weight is 671 g/mol. The summed E-state index contributed by atoms with van der Waals surface area (Å²) in [7, 11) is 0. The Morgan fingerprint density at radius 1 is 0.667 bits per heavy atom. The largest absolute Gasteiger partial charge is 0.461 e. The van der Waals surface area contributed by atoms with Gasteiger partial charge in [0, 0.05) is 18.2 Å².